The summed E-state index contributed by atoms with van der Waals surface area (Å²) in [6, 6.07) is 29.5. The third-order valence-corrected chi connectivity index (χ3v) is 9.95. The minimum atomic E-state index is 0. The molecular weight excluding hydrogens is 795 g/mol. The van der Waals surface area contributed by atoms with E-state index in [1.807, 2.05) is 6.07 Å². The van der Waals surface area contributed by atoms with E-state index in [4.69, 9.17) is 0 Å². The van der Waals surface area contributed by atoms with E-state index in [2.05, 4.69) is 176 Å². The van der Waals surface area contributed by atoms with Crippen molar-refractivity contribution in [1.29, 1.82) is 0 Å². The van der Waals surface area contributed by atoms with Crippen molar-refractivity contribution in [2.45, 2.75) is 152 Å². The first-order chi connectivity index (χ1) is 23.8. The summed E-state index contributed by atoms with van der Waals surface area (Å²) in [5, 5.41) is 7.21. The van der Waals surface area contributed by atoms with Crippen LogP contribution in [0.5, 0.6) is 0 Å². The summed E-state index contributed by atoms with van der Waals surface area (Å²) in [6.07, 6.45) is 6.81. The largest absolute Gasteiger partial charge is 4.00 e. The SMILES string of the molecule is CCc1cc2c(C(C)C)cc(C(C)C)cc2[cH-]1.CCc1cc2c(C(C)C)cc(C(C)C)cc2[cH-]1.C[Si]c1ccccc1.[CH2-]CCC.[CH2-]CCC.[Hf+4]. The van der Waals surface area contributed by atoms with Gasteiger partial charge in [-0.1, -0.05) is 172 Å². The standard InChI is InChI=1S/2C17H23.C7H8Si.2C4H9.Hf/c2*1-6-13-7-15-9-14(11(2)3)10-16(12(4)5)17(15)8-13;1-8-7-5-3-2-4-6-7;2*1-3-4-2;/h2*7-12H,6H2,1-5H3;2-6H,1H3;2*1,3-4H2,2H3;/q2*-1;;2*-1;+4. The third kappa shape index (κ3) is 16.7. The molecule has 5 aromatic carbocycles. The van der Waals surface area contributed by atoms with Gasteiger partial charge in [0.05, 0.1) is 9.52 Å². The van der Waals surface area contributed by atoms with Crippen molar-refractivity contribution in [2.75, 3.05) is 0 Å². The molecule has 2 heteroatoms. The first-order valence-electron chi connectivity index (χ1n) is 19.6. The Balaban J connectivity index is 0.000000686. The van der Waals surface area contributed by atoms with Crippen LogP contribution < -0.4 is 5.19 Å². The van der Waals surface area contributed by atoms with E-state index < -0.39 is 0 Å². The van der Waals surface area contributed by atoms with E-state index in [1.165, 1.54) is 73.0 Å². The van der Waals surface area contributed by atoms with E-state index in [0.29, 0.717) is 23.7 Å². The fraction of sp³-hybridized carbons (Fsp3) is 0.469. The molecule has 5 rings (SSSR count). The van der Waals surface area contributed by atoms with Gasteiger partial charge in [0, 0.05) is 0 Å². The average molecular weight is 868 g/mol. The Morgan fingerprint density at radius 3 is 1.14 bits per heavy atom. The number of hydrogen-bond acceptors (Lipinski definition) is 0. The molecular formula is C49H72HfSi. The number of fused-ring (bicyclic) bond motifs is 2. The van der Waals surface area contributed by atoms with Crippen molar-refractivity contribution in [3.05, 3.63) is 126 Å². The van der Waals surface area contributed by atoms with Crippen molar-refractivity contribution in [3.63, 3.8) is 0 Å². The molecule has 0 aliphatic heterocycles. The molecule has 5 aromatic rings. The number of aryl methyl sites for hydroxylation is 2. The van der Waals surface area contributed by atoms with Gasteiger partial charge >= 0.3 is 25.8 Å². The van der Waals surface area contributed by atoms with Gasteiger partial charge < -0.3 is 13.8 Å². The molecule has 0 nitrogen and oxygen atoms in total. The summed E-state index contributed by atoms with van der Waals surface area (Å²) in [4.78, 5) is 0. The normalized spacial score (nSPS) is 10.6. The molecule has 2 radical (unpaired) electrons. The zero-order valence-electron chi connectivity index (χ0n) is 35.0. The Hall–Kier alpha value is -2.03. The van der Waals surface area contributed by atoms with Crippen LogP contribution in [-0.4, -0.2) is 9.52 Å². The van der Waals surface area contributed by atoms with Crippen LogP contribution in [0.3, 0.4) is 0 Å². The maximum Gasteiger partial charge on any atom is 4.00 e. The Morgan fingerprint density at radius 2 is 0.902 bits per heavy atom. The van der Waals surface area contributed by atoms with Crippen LogP contribution in [0, 0.1) is 13.8 Å². The summed E-state index contributed by atoms with van der Waals surface area (Å²) in [6.45, 7) is 36.3. The predicted molar refractivity (Wildman–Crippen MR) is 232 cm³/mol. The van der Waals surface area contributed by atoms with Crippen LogP contribution in [0.25, 0.3) is 21.5 Å². The fourth-order valence-electron chi connectivity index (χ4n) is 5.51. The molecule has 0 atom stereocenters. The van der Waals surface area contributed by atoms with Crippen LogP contribution in [0.15, 0.2) is 78.9 Å². The van der Waals surface area contributed by atoms with Crippen LogP contribution in [0.4, 0.5) is 0 Å². The van der Waals surface area contributed by atoms with Crippen molar-refractivity contribution in [3.8, 4) is 0 Å². The monoisotopic (exact) mass is 868 g/mol. The Labute approximate surface area is 338 Å². The van der Waals surface area contributed by atoms with E-state index in [1.54, 1.807) is 0 Å². The van der Waals surface area contributed by atoms with Crippen LogP contribution in [0.1, 0.15) is 166 Å². The number of rotatable bonds is 9. The molecule has 0 heterocycles. The second-order valence-corrected chi connectivity index (χ2v) is 15.7. The molecule has 0 bridgehead atoms. The smallest absolute Gasteiger partial charge is 0.343 e. The Bertz CT molecular complexity index is 1490. The van der Waals surface area contributed by atoms with Crippen molar-refractivity contribution in [1.82, 2.24) is 0 Å². The summed E-state index contributed by atoms with van der Waals surface area (Å²) >= 11 is 0. The molecule has 0 aliphatic rings. The molecule has 0 saturated heterocycles. The minimum Gasteiger partial charge on any atom is -0.343 e. The van der Waals surface area contributed by atoms with Gasteiger partial charge in [0.15, 0.2) is 0 Å². The minimum absolute atomic E-state index is 0. The summed E-state index contributed by atoms with van der Waals surface area (Å²) in [5.41, 5.74) is 8.87. The van der Waals surface area contributed by atoms with E-state index in [-0.39, 0.29) is 25.8 Å². The number of benzene rings is 3. The summed E-state index contributed by atoms with van der Waals surface area (Å²) < 4.78 is 0. The molecule has 51 heavy (non-hydrogen) atoms. The Morgan fingerprint density at radius 1 is 0.549 bits per heavy atom. The van der Waals surface area contributed by atoms with Gasteiger partial charge in [-0.3, -0.25) is 0 Å². The number of hydrogen-bond donors (Lipinski definition) is 0. The van der Waals surface area contributed by atoms with Gasteiger partial charge in [-0.25, -0.2) is 0 Å². The van der Waals surface area contributed by atoms with E-state index in [9.17, 15) is 0 Å². The van der Waals surface area contributed by atoms with Gasteiger partial charge in [0.25, 0.3) is 0 Å². The van der Waals surface area contributed by atoms with Crippen molar-refractivity contribution in [2.24, 2.45) is 0 Å². The zero-order valence-corrected chi connectivity index (χ0v) is 39.6. The summed E-state index contributed by atoms with van der Waals surface area (Å²) in [7, 11) is 0.930. The van der Waals surface area contributed by atoms with E-state index >= 15 is 0 Å². The maximum atomic E-state index is 3.60. The predicted octanol–water partition coefficient (Wildman–Crippen LogP) is 15.0. The third-order valence-electron chi connectivity index (χ3n) is 9.04. The maximum absolute atomic E-state index is 3.60. The summed E-state index contributed by atoms with van der Waals surface area (Å²) in [5.74, 6) is 2.42. The molecule has 0 N–H and O–H groups in total. The van der Waals surface area contributed by atoms with Gasteiger partial charge in [-0.05, 0) is 36.5 Å². The molecule has 0 unspecified atom stereocenters. The van der Waals surface area contributed by atoms with Crippen LogP contribution in [0.2, 0.25) is 6.55 Å². The molecule has 0 aromatic heterocycles. The second-order valence-electron chi connectivity index (χ2n) is 14.6. The first kappa shape index (κ1) is 49.0. The molecule has 0 amide bonds. The van der Waals surface area contributed by atoms with Gasteiger partial charge in [-0.15, -0.1) is 56.9 Å². The fourth-order valence-corrected chi connectivity index (χ4v) is 6.03. The van der Waals surface area contributed by atoms with Crippen LogP contribution in [-0.2, 0) is 38.7 Å². The van der Waals surface area contributed by atoms with E-state index in [0.717, 1.165) is 35.2 Å². The quantitative estimate of drug-likeness (QED) is 0.102. The number of unbranched alkanes of at least 4 members (excludes halogenated alkanes) is 2. The van der Waals surface area contributed by atoms with Crippen molar-refractivity contribution < 1.29 is 25.8 Å². The molecule has 276 valence electrons. The van der Waals surface area contributed by atoms with Gasteiger partial charge in [0.2, 0.25) is 0 Å². The topological polar surface area (TPSA) is 0 Å². The van der Waals surface area contributed by atoms with Crippen molar-refractivity contribution >= 4 is 36.3 Å². The molecule has 0 saturated carbocycles. The van der Waals surface area contributed by atoms with Gasteiger partial charge in [0.1, 0.15) is 0 Å². The van der Waals surface area contributed by atoms with Gasteiger partial charge in [-0.2, -0.15) is 25.0 Å². The molecule has 0 fully saturated rings. The molecule has 0 spiro atoms. The average Bonchev–Trinajstić information content (AvgIpc) is 3.75. The Kier molecular flexibility index (Phi) is 25.6. The zero-order chi connectivity index (χ0) is 37.8. The van der Waals surface area contributed by atoms with Crippen LogP contribution >= 0.6 is 0 Å². The first-order valence-corrected chi connectivity index (χ1v) is 21.1. The molecule has 0 aliphatic carbocycles. The second kappa shape index (κ2) is 26.7.